The smallest absolute Gasteiger partial charge is 0.0724 e. The molecule has 0 saturated carbocycles. The fourth-order valence-corrected chi connectivity index (χ4v) is 0.783. The monoisotopic (exact) mass is 166 g/mol. The van der Waals surface area contributed by atoms with E-state index in [9.17, 15) is 0 Å². The average Bonchev–Trinajstić information content (AvgIpc) is 2.16. The topological polar surface area (TPSA) is 63.8 Å². The van der Waals surface area contributed by atoms with Gasteiger partial charge in [0.05, 0.1) is 5.69 Å². The number of aromatic nitrogens is 2. The molecule has 0 radical (unpaired) electrons. The molecule has 0 aromatic carbocycles. The van der Waals surface area contributed by atoms with Gasteiger partial charge in [0.15, 0.2) is 0 Å². The fourth-order valence-electron chi connectivity index (χ4n) is 0.783. The lowest BCUT2D eigenvalue weighted by Gasteiger charge is -2.09. The van der Waals surface area contributed by atoms with Gasteiger partial charge in [-0.25, -0.2) is 0 Å². The van der Waals surface area contributed by atoms with Gasteiger partial charge in [0.2, 0.25) is 0 Å². The molecule has 0 aliphatic rings. The van der Waals surface area contributed by atoms with Crippen LogP contribution in [0.1, 0.15) is 12.6 Å². The number of hydrogen-bond acceptors (Lipinski definition) is 4. The third-order valence-electron chi connectivity index (χ3n) is 1.60. The van der Waals surface area contributed by atoms with Crippen LogP contribution in [0.3, 0.4) is 0 Å². The number of rotatable bonds is 4. The first-order valence-electron chi connectivity index (χ1n) is 4.01. The maximum atomic E-state index is 5.44. The predicted octanol–water partition coefficient (Wildman–Crippen LogP) is -0.0866. The van der Waals surface area contributed by atoms with Crippen LogP contribution in [0.2, 0.25) is 0 Å². The van der Waals surface area contributed by atoms with Crippen molar-refractivity contribution in [1.29, 1.82) is 0 Å². The van der Waals surface area contributed by atoms with Gasteiger partial charge in [-0.15, -0.1) is 0 Å². The van der Waals surface area contributed by atoms with Crippen molar-refractivity contribution >= 4 is 0 Å². The summed E-state index contributed by atoms with van der Waals surface area (Å²) in [5.74, 6) is 0. The molecule has 1 heterocycles. The van der Waals surface area contributed by atoms with Crippen LogP contribution < -0.4 is 11.1 Å². The van der Waals surface area contributed by atoms with Gasteiger partial charge in [-0.05, 0) is 6.92 Å². The minimum Gasteiger partial charge on any atom is -0.329 e. The van der Waals surface area contributed by atoms with Crippen molar-refractivity contribution in [3.8, 4) is 0 Å². The SMILES string of the molecule is CC(CN)NCc1cnccn1. The van der Waals surface area contributed by atoms with E-state index in [4.69, 9.17) is 5.73 Å². The molecule has 0 aliphatic carbocycles. The molecular formula is C8H14N4. The van der Waals surface area contributed by atoms with Gasteiger partial charge in [0.1, 0.15) is 0 Å². The summed E-state index contributed by atoms with van der Waals surface area (Å²) in [6.07, 6.45) is 5.09. The van der Waals surface area contributed by atoms with Crippen LogP contribution >= 0.6 is 0 Å². The maximum Gasteiger partial charge on any atom is 0.0724 e. The van der Waals surface area contributed by atoms with Gasteiger partial charge in [0, 0.05) is 37.7 Å². The van der Waals surface area contributed by atoms with Gasteiger partial charge in [-0.3, -0.25) is 9.97 Å². The summed E-state index contributed by atoms with van der Waals surface area (Å²) in [5, 5.41) is 3.22. The van der Waals surface area contributed by atoms with Crippen LogP contribution in [0.25, 0.3) is 0 Å². The second-order valence-electron chi connectivity index (χ2n) is 2.71. The van der Waals surface area contributed by atoms with Gasteiger partial charge in [-0.2, -0.15) is 0 Å². The molecule has 0 aliphatic heterocycles. The first kappa shape index (κ1) is 9.09. The molecule has 0 fully saturated rings. The Kier molecular flexibility index (Phi) is 3.63. The zero-order valence-electron chi connectivity index (χ0n) is 7.20. The van der Waals surface area contributed by atoms with E-state index in [1.807, 2.05) is 6.92 Å². The lowest BCUT2D eigenvalue weighted by atomic mass is 10.3. The second kappa shape index (κ2) is 4.79. The Morgan fingerprint density at radius 1 is 1.58 bits per heavy atom. The van der Waals surface area contributed by atoms with Crippen molar-refractivity contribution < 1.29 is 0 Å². The fraction of sp³-hybridized carbons (Fsp3) is 0.500. The maximum absolute atomic E-state index is 5.44. The molecule has 1 aromatic heterocycles. The molecule has 1 rings (SSSR count). The highest BCUT2D eigenvalue weighted by Gasteiger charge is 1.97. The minimum atomic E-state index is 0.326. The van der Waals surface area contributed by atoms with E-state index in [1.165, 1.54) is 0 Å². The molecule has 0 bridgehead atoms. The van der Waals surface area contributed by atoms with Crippen LogP contribution in [0, 0.1) is 0 Å². The van der Waals surface area contributed by atoms with Crippen molar-refractivity contribution in [2.75, 3.05) is 6.54 Å². The minimum absolute atomic E-state index is 0.326. The summed E-state index contributed by atoms with van der Waals surface area (Å²) < 4.78 is 0. The van der Waals surface area contributed by atoms with Crippen LogP contribution in [-0.4, -0.2) is 22.6 Å². The van der Waals surface area contributed by atoms with Crippen molar-refractivity contribution in [3.63, 3.8) is 0 Å². The van der Waals surface area contributed by atoms with E-state index in [1.54, 1.807) is 18.6 Å². The van der Waals surface area contributed by atoms with E-state index in [2.05, 4.69) is 15.3 Å². The highest BCUT2D eigenvalue weighted by molar-refractivity contribution is 4.93. The zero-order valence-corrected chi connectivity index (χ0v) is 7.20. The Hall–Kier alpha value is -1.00. The van der Waals surface area contributed by atoms with Crippen LogP contribution in [-0.2, 0) is 6.54 Å². The molecule has 0 amide bonds. The van der Waals surface area contributed by atoms with Crippen LogP contribution in [0.5, 0.6) is 0 Å². The molecule has 4 heteroatoms. The standard InChI is InChI=1S/C8H14N4/c1-7(4-9)12-6-8-5-10-2-3-11-8/h2-3,5,7,12H,4,6,9H2,1H3. The van der Waals surface area contributed by atoms with Crippen molar-refractivity contribution in [3.05, 3.63) is 24.3 Å². The summed E-state index contributed by atoms with van der Waals surface area (Å²) in [6.45, 7) is 3.41. The molecule has 3 N–H and O–H groups in total. The molecule has 66 valence electrons. The van der Waals surface area contributed by atoms with Crippen molar-refractivity contribution in [2.24, 2.45) is 5.73 Å². The lowest BCUT2D eigenvalue weighted by molar-refractivity contribution is 0.549. The van der Waals surface area contributed by atoms with E-state index in [0.29, 0.717) is 12.6 Å². The molecule has 0 spiro atoms. The van der Waals surface area contributed by atoms with Gasteiger partial charge >= 0.3 is 0 Å². The first-order chi connectivity index (χ1) is 5.83. The number of hydrogen-bond donors (Lipinski definition) is 2. The van der Waals surface area contributed by atoms with Gasteiger partial charge in [-0.1, -0.05) is 0 Å². The number of nitrogens with two attached hydrogens (primary N) is 1. The number of nitrogens with one attached hydrogen (secondary N) is 1. The molecule has 1 unspecified atom stereocenters. The molecule has 4 nitrogen and oxygen atoms in total. The Morgan fingerprint density at radius 2 is 2.42 bits per heavy atom. The summed E-state index contributed by atoms with van der Waals surface area (Å²) in [7, 11) is 0. The van der Waals surface area contributed by atoms with E-state index in [0.717, 1.165) is 12.2 Å². The van der Waals surface area contributed by atoms with Crippen LogP contribution in [0.4, 0.5) is 0 Å². The average molecular weight is 166 g/mol. The Labute approximate surface area is 72.2 Å². The van der Waals surface area contributed by atoms with Crippen LogP contribution in [0.15, 0.2) is 18.6 Å². The summed E-state index contributed by atoms with van der Waals surface area (Å²) in [4.78, 5) is 8.07. The Bertz CT molecular complexity index is 212. The molecule has 1 atom stereocenters. The zero-order chi connectivity index (χ0) is 8.81. The Morgan fingerprint density at radius 3 is 3.00 bits per heavy atom. The van der Waals surface area contributed by atoms with E-state index >= 15 is 0 Å². The summed E-state index contributed by atoms with van der Waals surface area (Å²) in [5.41, 5.74) is 6.38. The third kappa shape index (κ3) is 2.94. The molecule has 12 heavy (non-hydrogen) atoms. The predicted molar refractivity (Wildman–Crippen MR) is 47.4 cm³/mol. The van der Waals surface area contributed by atoms with Crippen molar-refractivity contribution in [2.45, 2.75) is 19.5 Å². The second-order valence-corrected chi connectivity index (χ2v) is 2.71. The van der Waals surface area contributed by atoms with Crippen molar-refractivity contribution in [1.82, 2.24) is 15.3 Å². The Balaban J connectivity index is 2.33. The third-order valence-corrected chi connectivity index (χ3v) is 1.60. The van der Waals surface area contributed by atoms with Gasteiger partial charge < -0.3 is 11.1 Å². The van der Waals surface area contributed by atoms with E-state index in [-0.39, 0.29) is 0 Å². The summed E-state index contributed by atoms with van der Waals surface area (Å²) in [6, 6.07) is 0.326. The summed E-state index contributed by atoms with van der Waals surface area (Å²) >= 11 is 0. The first-order valence-corrected chi connectivity index (χ1v) is 4.01. The normalized spacial score (nSPS) is 12.8. The quantitative estimate of drug-likeness (QED) is 0.656. The largest absolute Gasteiger partial charge is 0.329 e. The molecular weight excluding hydrogens is 152 g/mol. The van der Waals surface area contributed by atoms with E-state index < -0.39 is 0 Å². The highest BCUT2D eigenvalue weighted by atomic mass is 14.9. The molecule has 0 saturated heterocycles. The molecule has 1 aromatic rings. The van der Waals surface area contributed by atoms with Gasteiger partial charge in [0.25, 0.3) is 0 Å². The number of nitrogens with zero attached hydrogens (tertiary/aromatic N) is 2. The lowest BCUT2D eigenvalue weighted by Crippen LogP contribution is -2.32. The highest BCUT2D eigenvalue weighted by Crippen LogP contribution is 1.89.